The van der Waals surface area contributed by atoms with E-state index in [9.17, 15) is 0 Å². The Morgan fingerprint density at radius 3 is 2.52 bits per heavy atom. The fraction of sp³-hybridized carbons (Fsp3) is 0.235. The van der Waals surface area contributed by atoms with Crippen LogP contribution in [0.2, 0.25) is 0 Å². The lowest BCUT2D eigenvalue weighted by Gasteiger charge is -2.21. The smallest absolute Gasteiger partial charge is 0.138 e. The van der Waals surface area contributed by atoms with Crippen molar-refractivity contribution >= 4 is 39.2 Å². The molecule has 0 amide bonds. The van der Waals surface area contributed by atoms with Crippen LogP contribution in [0.5, 0.6) is 0 Å². The molecule has 0 aliphatic carbocycles. The lowest BCUT2D eigenvalue weighted by molar-refractivity contribution is 0.403. The number of thiophene rings is 1. The Hall–Kier alpha value is -4.16. The van der Waals surface area contributed by atoms with Crippen molar-refractivity contribution in [3.63, 3.8) is 0 Å². The number of anilines is 1. The summed E-state index contributed by atoms with van der Waals surface area (Å²) in [6.45, 7) is 23.4. The van der Waals surface area contributed by atoms with E-state index in [0.29, 0.717) is 0 Å². The van der Waals surface area contributed by atoms with Gasteiger partial charge in [-0.25, -0.2) is 4.98 Å². The van der Waals surface area contributed by atoms with Crippen LogP contribution in [0.3, 0.4) is 0 Å². The van der Waals surface area contributed by atoms with Gasteiger partial charge in [0.05, 0.1) is 11.7 Å². The lowest BCUT2D eigenvalue weighted by Crippen LogP contribution is -2.16. The van der Waals surface area contributed by atoms with E-state index < -0.39 is 0 Å². The summed E-state index contributed by atoms with van der Waals surface area (Å²) in [6, 6.07) is 10.6. The molecule has 3 N–H and O–H groups in total. The van der Waals surface area contributed by atoms with Gasteiger partial charge in [-0.15, -0.1) is 11.3 Å². The van der Waals surface area contributed by atoms with Crippen LogP contribution in [0, 0.1) is 12.3 Å². The van der Waals surface area contributed by atoms with E-state index in [2.05, 4.69) is 111 Å². The monoisotopic (exact) mass is 549 g/mol. The van der Waals surface area contributed by atoms with Gasteiger partial charge in [-0.3, -0.25) is 4.98 Å². The molecule has 3 aromatic heterocycles. The SMILES string of the molecule is C=C/C(=C\C(=C/C)c1ccc(NC)c(C(=C)c2nc3c(-c4ccc(C)s4)cncc3[nH]2)c1)NC(=C)CC(C)(C)C. The molecule has 0 radical (unpaired) electrons. The second kappa shape index (κ2) is 11.9. The predicted octanol–water partition coefficient (Wildman–Crippen LogP) is 9.11. The van der Waals surface area contributed by atoms with Gasteiger partial charge in [-0.2, -0.15) is 0 Å². The van der Waals surface area contributed by atoms with E-state index in [1.807, 2.05) is 32.4 Å². The fourth-order valence-corrected chi connectivity index (χ4v) is 5.57. The van der Waals surface area contributed by atoms with Crippen molar-refractivity contribution in [3.8, 4) is 10.4 Å². The molecule has 0 aliphatic rings. The van der Waals surface area contributed by atoms with E-state index in [0.717, 1.165) is 73.1 Å². The Bertz CT molecular complexity index is 1640. The highest BCUT2D eigenvalue weighted by molar-refractivity contribution is 7.15. The van der Waals surface area contributed by atoms with Gasteiger partial charge in [-0.1, -0.05) is 52.7 Å². The van der Waals surface area contributed by atoms with Crippen molar-refractivity contribution in [2.24, 2.45) is 5.41 Å². The molecular weight excluding hydrogens is 510 g/mol. The summed E-state index contributed by atoms with van der Waals surface area (Å²) >= 11 is 1.74. The summed E-state index contributed by atoms with van der Waals surface area (Å²) in [7, 11) is 1.92. The minimum absolute atomic E-state index is 0.147. The zero-order valence-corrected chi connectivity index (χ0v) is 25.2. The number of hydrogen-bond donors (Lipinski definition) is 3. The molecule has 0 saturated heterocycles. The van der Waals surface area contributed by atoms with Crippen LogP contribution in [0.25, 0.3) is 32.6 Å². The Labute approximate surface area is 242 Å². The molecule has 0 unspecified atom stereocenters. The van der Waals surface area contributed by atoms with Crippen LogP contribution in [-0.2, 0) is 0 Å². The molecule has 4 rings (SSSR count). The van der Waals surface area contributed by atoms with Gasteiger partial charge in [0.1, 0.15) is 11.3 Å². The highest BCUT2D eigenvalue weighted by atomic mass is 32.1. The summed E-state index contributed by atoms with van der Waals surface area (Å²) in [5.41, 5.74) is 9.68. The maximum absolute atomic E-state index is 4.99. The molecule has 0 spiro atoms. The largest absolute Gasteiger partial charge is 0.388 e. The van der Waals surface area contributed by atoms with Crippen molar-refractivity contribution in [2.75, 3.05) is 12.4 Å². The Morgan fingerprint density at radius 1 is 1.12 bits per heavy atom. The third-order valence-corrected chi connectivity index (χ3v) is 7.57. The number of nitrogens with zero attached hydrogens (tertiary/aromatic N) is 2. The number of aromatic nitrogens is 3. The topological polar surface area (TPSA) is 65.6 Å². The minimum atomic E-state index is 0.147. The van der Waals surface area contributed by atoms with Gasteiger partial charge in [0.25, 0.3) is 0 Å². The molecule has 206 valence electrons. The third kappa shape index (κ3) is 6.52. The highest BCUT2D eigenvalue weighted by Gasteiger charge is 2.17. The number of rotatable bonds is 10. The van der Waals surface area contributed by atoms with Gasteiger partial charge in [0.2, 0.25) is 0 Å². The number of aryl methyl sites for hydroxylation is 1. The van der Waals surface area contributed by atoms with Gasteiger partial charge in [-0.05, 0) is 73.2 Å². The quantitative estimate of drug-likeness (QED) is 0.173. The molecule has 4 aromatic rings. The number of nitrogens with one attached hydrogen (secondary N) is 3. The van der Waals surface area contributed by atoms with E-state index >= 15 is 0 Å². The first-order valence-electron chi connectivity index (χ1n) is 13.4. The van der Waals surface area contributed by atoms with E-state index in [-0.39, 0.29) is 5.41 Å². The van der Waals surface area contributed by atoms with Crippen molar-refractivity contribution in [1.82, 2.24) is 20.3 Å². The lowest BCUT2D eigenvalue weighted by atomic mass is 9.91. The maximum Gasteiger partial charge on any atom is 0.138 e. The Balaban J connectivity index is 1.69. The molecule has 0 saturated carbocycles. The van der Waals surface area contributed by atoms with Crippen molar-refractivity contribution in [2.45, 2.75) is 41.0 Å². The van der Waals surface area contributed by atoms with Crippen molar-refractivity contribution in [3.05, 3.63) is 114 Å². The zero-order chi connectivity index (χ0) is 29.0. The second-order valence-electron chi connectivity index (χ2n) is 11.1. The average Bonchev–Trinajstić information content (AvgIpc) is 3.55. The van der Waals surface area contributed by atoms with Gasteiger partial charge >= 0.3 is 0 Å². The van der Waals surface area contributed by atoms with Gasteiger partial charge < -0.3 is 15.6 Å². The van der Waals surface area contributed by atoms with E-state index in [4.69, 9.17) is 4.98 Å². The molecule has 3 heterocycles. The summed E-state index contributed by atoms with van der Waals surface area (Å²) < 4.78 is 0. The molecule has 6 heteroatoms. The number of allylic oxidation sites excluding steroid dienone is 5. The van der Waals surface area contributed by atoms with Crippen molar-refractivity contribution < 1.29 is 0 Å². The first-order valence-corrected chi connectivity index (χ1v) is 14.2. The normalized spacial score (nSPS) is 12.4. The molecule has 40 heavy (non-hydrogen) atoms. The van der Waals surface area contributed by atoms with E-state index in [1.165, 1.54) is 4.88 Å². The molecule has 0 bridgehead atoms. The number of H-pyrrole nitrogens is 1. The second-order valence-corrected chi connectivity index (χ2v) is 12.4. The molecule has 1 aromatic carbocycles. The van der Waals surface area contributed by atoms with Crippen LogP contribution in [0.15, 0.2) is 92.1 Å². The molecule has 5 nitrogen and oxygen atoms in total. The highest BCUT2D eigenvalue weighted by Crippen LogP contribution is 2.35. The molecule has 0 atom stereocenters. The standard InChI is InChI=1S/C34H39N5S/c1-10-24(16-26(11-2)37-21(3)18-34(6,7)8)25-13-14-29(35-9)27(17-25)23(5)33-38-30-20-36-19-28(32(30)39-33)31-15-12-22(4)40-31/h10-17,19-20,35,37H,2-3,5,18H2,1,4,6-9H3,(H,38,39)/b24-10+,26-16+. The van der Waals surface area contributed by atoms with Crippen LogP contribution >= 0.6 is 11.3 Å². The molecular formula is C34H39N5S. The van der Waals surface area contributed by atoms with Gasteiger partial charge in [0, 0.05) is 56.8 Å². The predicted molar refractivity (Wildman–Crippen MR) is 174 cm³/mol. The minimum Gasteiger partial charge on any atom is -0.388 e. The number of fused-ring (bicyclic) bond motifs is 1. The van der Waals surface area contributed by atoms with Crippen LogP contribution in [0.1, 0.15) is 55.9 Å². The van der Waals surface area contributed by atoms with Crippen LogP contribution in [0.4, 0.5) is 5.69 Å². The van der Waals surface area contributed by atoms with Crippen LogP contribution in [-0.4, -0.2) is 22.0 Å². The van der Waals surface area contributed by atoms with Crippen LogP contribution < -0.4 is 10.6 Å². The summed E-state index contributed by atoms with van der Waals surface area (Å²) in [5.74, 6) is 0.718. The maximum atomic E-state index is 4.99. The van der Waals surface area contributed by atoms with Gasteiger partial charge in [0.15, 0.2) is 0 Å². The molecule has 0 aliphatic heterocycles. The number of benzene rings is 1. The average molecular weight is 550 g/mol. The third-order valence-electron chi connectivity index (χ3n) is 6.54. The number of pyridine rings is 1. The summed E-state index contributed by atoms with van der Waals surface area (Å²) in [4.78, 5) is 15.3. The van der Waals surface area contributed by atoms with Crippen molar-refractivity contribution in [1.29, 1.82) is 0 Å². The zero-order valence-electron chi connectivity index (χ0n) is 24.4. The Kier molecular flexibility index (Phi) is 8.60. The first-order chi connectivity index (χ1) is 19.0. The summed E-state index contributed by atoms with van der Waals surface area (Å²) in [5, 5.41) is 6.75. The fourth-order valence-electron chi connectivity index (χ4n) is 4.69. The summed E-state index contributed by atoms with van der Waals surface area (Å²) in [6.07, 6.45) is 10.6. The van der Waals surface area contributed by atoms with E-state index in [1.54, 1.807) is 11.3 Å². The number of imidazole rings is 1. The number of hydrogen-bond acceptors (Lipinski definition) is 5. The number of aromatic amines is 1. The Morgan fingerprint density at radius 2 is 1.90 bits per heavy atom. The molecule has 0 fully saturated rings. The first kappa shape index (κ1) is 28.8.